The van der Waals surface area contributed by atoms with E-state index in [-0.39, 0.29) is 0 Å². The molecule has 1 aliphatic heterocycles. The SMILES string of the molecule is Cn1ccnc1NN1CCCCC1. The Morgan fingerprint density at radius 3 is 2.69 bits per heavy atom. The quantitative estimate of drug-likeness (QED) is 0.743. The second-order valence-electron chi connectivity index (χ2n) is 3.52. The Balaban J connectivity index is 1.93. The molecule has 0 atom stereocenters. The van der Waals surface area contributed by atoms with Crippen LogP contribution in [-0.2, 0) is 7.05 Å². The molecule has 0 amide bonds. The van der Waals surface area contributed by atoms with Crippen molar-refractivity contribution < 1.29 is 0 Å². The second-order valence-corrected chi connectivity index (χ2v) is 3.52. The van der Waals surface area contributed by atoms with Crippen molar-refractivity contribution in [1.29, 1.82) is 0 Å². The fourth-order valence-electron chi connectivity index (χ4n) is 1.62. The summed E-state index contributed by atoms with van der Waals surface area (Å²) in [5.74, 6) is 0.932. The molecule has 1 saturated heterocycles. The topological polar surface area (TPSA) is 33.1 Å². The molecule has 2 rings (SSSR count). The number of aryl methyl sites for hydroxylation is 1. The number of hydrogen-bond donors (Lipinski definition) is 1. The summed E-state index contributed by atoms with van der Waals surface area (Å²) in [4.78, 5) is 4.22. The van der Waals surface area contributed by atoms with Gasteiger partial charge in [0.25, 0.3) is 0 Å². The molecule has 1 aromatic heterocycles. The molecule has 0 aromatic carbocycles. The molecule has 0 bridgehead atoms. The molecule has 0 saturated carbocycles. The molecule has 13 heavy (non-hydrogen) atoms. The number of rotatable bonds is 2. The maximum Gasteiger partial charge on any atom is 0.217 e. The zero-order valence-corrected chi connectivity index (χ0v) is 8.03. The van der Waals surface area contributed by atoms with Crippen LogP contribution in [0.15, 0.2) is 12.4 Å². The van der Waals surface area contributed by atoms with Gasteiger partial charge in [-0.2, -0.15) is 0 Å². The summed E-state index contributed by atoms with van der Waals surface area (Å²) in [6.07, 6.45) is 7.70. The smallest absolute Gasteiger partial charge is 0.217 e. The van der Waals surface area contributed by atoms with Crippen molar-refractivity contribution in [2.45, 2.75) is 19.3 Å². The number of anilines is 1. The third kappa shape index (κ3) is 2.01. The normalized spacial score (nSPS) is 18.8. The van der Waals surface area contributed by atoms with Crippen molar-refractivity contribution in [3.05, 3.63) is 12.4 Å². The Hall–Kier alpha value is -1.03. The minimum Gasteiger partial charge on any atom is -0.320 e. The summed E-state index contributed by atoms with van der Waals surface area (Å²) in [7, 11) is 2.00. The Kier molecular flexibility index (Phi) is 2.49. The van der Waals surface area contributed by atoms with Gasteiger partial charge < -0.3 is 4.57 Å². The van der Waals surface area contributed by atoms with Crippen LogP contribution in [-0.4, -0.2) is 27.6 Å². The minimum atomic E-state index is 0.932. The van der Waals surface area contributed by atoms with E-state index in [2.05, 4.69) is 15.4 Å². The van der Waals surface area contributed by atoms with Gasteiger partial charge in [0, 0.05) is 32.5 Å². The number of aromatic nitrogens is 2. The van der Waals surface area contributed by atoms with Crippen LogP contribution in [0.25, 0.3) is 0 Å². The maximum absolute atomic E-state index is 4.22. The van der Waals surface area contributed by atoms with Crippen LogP contribution in [0.1, 0.15) is 19.3 Å². The highest BCUT2D eigenvalue weighted by atomic mass is 15.5. The van der Waals surface area contributed by atoms with E-state index in [1.807, 2.05) is 24.0 Å². The number of hydrogen-bond acceptors (Lipinski definition) is 3. The average Bonchev–Trinajstić information content (AvgIpc) is 2.54. The maximum atomic E-state index is 4.22. The van der Waals surface area contributed by atoms with Crippen LogP contribution in [0.3, 0.4) is 0 Å². The highest BCUT2D eigenvalue weighted by molar-refractivity contribution is 5.23. The van der Waals surface area contributed by atoms with Gasteiger partial charge in [0.15, 0.2) is 0 Å². The van der Waals surface area contributed by atoms with Crippen molar-refractivity contribution in [2.75, 3.05) is 18.5 Å². The molecule has 2 heterocycles. The van der Waals surface area contributed by atoms with Crippen LogP contribution in [0.4, 0.5) is 5.95 Å². The van der Waals surface area contributed by atoms with E-state index in [0.29, 0.717) is 0 Å². The van der Waals surface area contributed by atoms with E-state index < -0.39 is 0 Å². The third-order valence-corrected chi connectivity index (χ3v) is 2.44. The van der Waals surface area contributed by atoms with E-state index in [4.69, 9.17) is 0 Å². The zero-order valence-electron chi connectivity index (χ0n) is 8.03. The van der Waals surface area contributed by atoms with Gasteiger partial charge in [0.1, 0.15) is 0 Å². The monoisotopic (exact) mass is 180 g/mol. The first-order valence-electron chi connectivity index (χ1n) is 4.85. The van der Waals surface area contributed by atoms with Gasteiger partial charge in [0.2, 0.25) is 5.95 Å². The Morgan fingerprint density at radius 1 is 1.31 bits per heavy atom. The summed E-state index contributed by atoms with van der Waals surface area (Å²) in [5.41, 5.74) is 3.31. The summed E-state index contributed by atoms with van der Waals surface area (Å²) < 4.78 is 1.99. The van der Waals surface area contributed by atoms with Gasteiger partial charge in [-0.1, -0.05) is 6.42 Å². The lowest BCUT2D eigenvalue weighted by Gasteiger charge is -2.27. The highest BCUT2D eigenvalue weighted by Gasteiger charge is 2.10. The van der Waals surface area contributed by atoms with Gasteiger partial charge in [-0.25, -0.2) is 9.99 Å². The molecule has 0 aliphatic carbocycles. The number of imidazole rings is 1. The lowest BCUT2D eigenvalue weighted by Crippen LogP contribution is -2.35. The zero-order chi connectivity index (χ0) is 9.10. The number of piperidine rings is 1. The minimum absolute atomic E-state index is 0.932. The summed E-state index contributed by atoms with van der Waals surface area (Å²) in [5, 5.41) is 2.24. The van der Waals surface area contributed by atoms with Crippen LogP contribution in [0, 0.1) is 0 Å². The van der Waals surface area contributed by atoms with Crippen molar-refractivity contribution in [2.24, 2.45) is 7.05 Å². The fraction of sp³-hybridized carbons (Fsp3) is 0.667. The van der Waals surface area contributed by atoms with Gasteiger partial charge >= 0.3 is 0 Å². The van der Waals surface area contributed by atoms with E-state index in [1.54, 1.807) is 0 Å². The largest absolute Gasteiger partial charge is 0.320 e. The number of nitrogens with zero attached hydrogens (tertiary/aromatic N) is 3. The third-order valence-electron chi connectivity index (χ3n) is 2.44. The van der Waals surface area contributed by atoms with Crippen LogP contribution < -0.4 is 5.43 Å². The first-order chi connectivity index (χ1) is 6.36. The molecule has 4 nitrogen and oxygen atoms in total. The highest BCUT2D eigenvalue weighted by Crippen LogP contribution is 2.10. The average molecular weight is 180 g/mol. The van der Waals surface area contributed by atoms with Gasteiger partial charge in [0.05, 0.1) is 0 Å². The molecule has 1 fully saturated rings. The van der Waals surface area contributed by atoms with Crippen molar-refractivity contribution in [1.82, 2.24) is 14.6 Å². The standard InChI is InChI=1S/C9H16N4/c1-12-8-5-10-9(12)11-13-6-3-2-4-7-13/h5,8H,2-4,6-7H2,1H3,(H,10,11). The number of nitrogens with one attached hydrogen (secondary N) is 1. The predicted octanol–water partition coefficient (Wildman–Crippen LogP) is 1.23. The van der Waals surface area contributed by atoms with Gasteiger partial charge in [-0.15, -0.1) is 0 Å². The van der Waals surface area contributed by atoms with Crippen LogP contribution in [0.2, 0.25) is 0 Å². The lowest BCUT2D eigenvalue weighted by molar-refractivity contribution is 0.270. The van der Waals surface area contributed by atoms with Gasteiger partial charge in [-0.3, -0.25) is 5.43 Å². The Bertz CT molecular complexity index is 262. The Morgan fingerprint density at radius 2 is 2.08 bits per heavy atom. The van der Waals surface area contributed by atoms with E-state index in [0.717, 1.165) is 19.0 Å². The summed E-state index contributed by atoms with van der Waals surface area (Å²) >= 11 is 0. The molecule has 72 valence electrons. The lowest BCUT2D eigenvalue weighted by atomic mass is 10.2. The van der Waals surface area contributed by atoms with Crippen molar-refractivity contribution >= 4 is 5.95 Å². The predicted molar refractivity (Wildman–Crippen MR) is 52.3 cm³/mol. The van der Waals surface area contributed by atoms with Gasteiger partial charge in [-0.05, 0) is 12.8 Å². The van der Waals surface area contributed by atoms with E-state index in [1.165, 1.54) is 19.3 Å². The molecule has 1 aromatic rings. The van der Waals surface area contributed by atoms with Crippen LogP contribution in [0.5, 0.6) is 0 Å². The Labute approximate surface area is 78.5 Å². The number of hydrazine groups is 1. The van der Waals surface area contributed by atoms with E-state index >= 15 is 0 Å². The summed E-state index contributed by atoms with van der Waals surface area (Å²) in [6.45, 7) is 2.26. The first kappa shape index (κ1) is 8.56. The molecule has 4 heteroatoms. The fourth-order valence-corrected chi connectivity index (χ4v) is 1.62. The molecule has 0 unspecified atom stereocenters. The molecule has 1 aliphatic rings. The molecule has 0 spiro atoms. The van der Waals surface area contributed by atoms with Crippen molar-refractivity contribution in [3.8, 4) is 0 Å². The van der Waals surface area contributed by atoms with Crippen LogP contribution >= 0.6 is 0 Å². The van der Waals surface area contributed by atoms with Crippen molar-refractivity contribution in [3.63, 3.8) is 0 Å². The molecular weight excluding hydrogens is 164 g/mol. The summed E-state index contributed by atoms with van der Waals surface area (Å²) in [6, 6.07) is 0. The first-order valence-corrected chi connectivity index (χ1v) is 4.85. The molecule has 1 N–H and O–H groups in total. The molecule has 0 radical (unpaired) electrons. The van der Waals surface area contributed by atoms with E-state index in [9.17, 15) is 0 Å². The molecular formula is C9H16N4. The second kappa shape index (κ2) is 3.79.